The number of rotatable bonds is 2. The van der Waals surface area contributed by atoms with Crippen molar-refractivity contribution >= 4 is 11.8 Å². The van der Waals surface area contributed by atoms with E-state index in [2.05, 4.69) is 0 Å². The number of nitrogens with zero attached hydrogens (tertiary/aromatic N) is 1. The van der Waals surface area contributed by atoms with Gasteiger partial charge in [0, 0.05) is 12.3 Å². The number of carbonyl (C=O) groups excluding carboxylic acids is 2. The minimum absolute atomic E-state index is 0.0494. The summed E-state index contributed by atoms with van der Waals surface area (Å²) in [5.74, 6) is -0.691. The Morgan fingerprint density at radius 2 is 1.73 bits per heavy atom. The summed E-state index contributed by atoms with van der Waals surface area (Å²) in [5, 5.41) is 9.59. The molecular weight excluding hydrogens is 194 g/mol. The number of hydrogen-bond acceptors (Lipinski definition) is 3. The van der Waals surface area contributed by atoms with Gasteiger partial charge in [0.1, 0.15) is 0 Å². The summed E-state index contributed by atoms with van der Waals surface area (Å²) in [6, 6.07) is 0. The maximum absolute atomic E-state index is 11.7. The molecule has 0 saturated carbocycles. The Morgan fingerprint density at radius 1 is 1.20 bits per heavy atom. The van der Waals surface area contributed by atoms with Crippen molar-refractivity contribution < 1.29 is 14.8 Å². The summed E-state index contributed by atoms with van der Waals surface area (Å²) in [4.78, 5) is 23.1. The van der Waals surface area contributed by atoms with E-state index in [9.17, 15) is 14.8 Å². The van der Waals surface area contributed by atoms with Crippen LogP contribution in [0.1, 0.15) is 34.1 Å². The Balaban J connectivity index is 2.96. The largest absolute Gasteiger partial charge is 0.279 e. The van der Waals surface area contributed by atoms with Crippen LogP contribution in [0, 0.1) is 23.7 Å². The van der Waals surface area contributed by atoms with Crippen molar-refractivity contribution in [1.82, 2.24) is 5.06 Å². The van der Waals surface area contributed by atoms with E-state index >= 15 is 0 Å². The van der Waals surface area contributed by atoms with Crippen molar-refractivity contribution in [3.8, 4) is 0 Å². The third-order valence-electron chi connectivity index (χ3n) is 3.18. The third kappa shape index (κ3) is 2.20. The molecule has 1 fully saturated rings. The van der Waals surface area contributed by atoms with E-state index < -0.39 is 11.8 Å². The fourth-order valence-corrected chi connectivity index (χ4v) is 2.29. The maximum Gasteiger partial charge on any atom is 0.256 e. The fraction of sp³-hybridized carbons (Fsp3) is 0.818. The Hall–Kier alpha value is -0.900. The second-order valence-electron chi connectivity index (χ2n) is 4.93. The monoisotopic (exact) mass is 213 g/mol. The van der Waals surface area contributed by atoms with Crippen LogP contribution < -0.4 is 0 Å². The predicted molar refractivity (Wildman–Crippen MR) is 54.9 cm³/mol. The van der Waals surface area contributed by atoms with Gasteiger partial charge >= 0.3 is 0 Å². The van der Waals surface area contributed by atoms with Crippen LogP contribution in [-0.2, 0) is 9.59 Å². The molecule has 2 atom stereocenters. The van der Waals surface area contributed by atoms with E-state index in [1.54, 1.807) is 0 Å². The van der Waals surface area contributed by atoms with Gasteiger partial charge in [0.25, 0.3) is 11.8 Å². The molecule has 0 aliphatic carbocycles. The van der Waals surface area contributed by atoms with Gasteiger partial charge in [-0.25, -0.2) is 0 Å². The van der Waals surface area contributed by atoms with Gasteiger partial charge in [0.2, 0.25) is 0 Å². The zero-order chi connectivity index (χ0) is 11.7. The highest BCUT2D eigenvalue weighted by Gasteiger charge is 2.43. The minimum Gasteiger partial charge on any atom is -0.279 e. The predicted octanol–water partition coefficient (Wildman–Crippen LogP) is 1.68. The van der Waals surface area contributed by atoms with E-state index in [0.717, 1.165) is 0 Å². The molecule has 2 unspecified atom stereocenters. The SMILES string of the molecule is CC(C)C1CC(=O)N(O)C(=O)C1C(C)C. The Labute approximate surface area is 90.2 Å². The van der Waals surface area contributed by atoms with Crippen molar-refractivity contribution in [3.63, 3.8) is 0 Å². The highest BCUT2D eigenvalue weighted by molar-refractivity contribution is 5.97. The molecule has 0 bridgehead atoms. The molecule has 86 valence electrons. The molecule has 15 heavy (non-hydrogen) atoms. The first kappa shape index (κ1) is 12.2. The molecule has 4 heteroatoms. The van der Waals surface area contributed by atoms with Crippen LogP contribution in [0.3, 0.4) is 0 Å². The maximum atomic E-state index is 11.7. The summed E-state index contributed by atoms with van der Waals surface area (Å²) in [5.41, 5.74) is 0. The molecule has 0 spiro atoms. The lowest BCUT2D eigenvalue weighted by Gasteiger charge is -2.37. The number of carbonyl (C=O) groups is 2. The summed E-state index contributed by atoms with van der Waals surface area (Å²) in [6.07, 6.45) is 0.267. The van der Waals surface area contributed by atoms with Gasteiger partial charge in [0.05, 0.1) is 0 Å². The van der Waals surface area contributed by atoms with Crippen LogP contribution in [0.2, 0.25) is 0 Å². The van der Waals surface area contributed by atoms with Gasteiger partial charge in [-0.05, 0) is 17.8 Å². The molecular formula is C11H19NO3. The Bertz CT molecular complexity index is 273. The van der Waals surface area contributed by atoms with Crippen molar-refractivity contribution in [2.24, 2.45) is 23.7 Å². The van der Waals surface area contributed by atoms with Crippen LogP contribution in [0.25, 0.3) is 0 Å². The standard InChI is InChI=1S/C11H19NO3/c1-6(2)8-5-9(13)12(15)11(14)10(8)7(3)4/h6-8,10,15H,5H2,1-4H3. The molecule has 0 aromatic heterocycles. The van der Waals surface area contributed by atoms with Gasteiger partial charge in [0.15, 0.2) is 0 Å². The quantitative estimate of drug-likeness (QED) is 0.561. The molecule has 0 aromatic rings. The normalized spacial score (nSPS) is 28.1. The van der Waals surface area contributed by atoms with Gasteiger partial charge in [-0.3, -0.25) is 14.8 Å². The third-order valence-corrected chi connectivity index (χ3v) is 3.18. The molecule has 0 aromatic carbocycles. The van der Waals surface area contributed by atoms with Crippen molar-refractivity contribution in [2.45, 2.75) is 34.1 Å². The molecule has 1 saturated heterocycles. The highest BCUT2D eigenvalue weighted by Crippen LogP contribution is 2.35. The molecule has 1 aliphatic heterocycles. The first-order valence-electron chi connectivity index (χ1n) is 5.42. The number of piperidine rings is 1. The second kappa shape index (κ2) is 4.31. The number of hydroxylamine groups is 2. The van der Waals surface area contributed by atoms with Gasteiger partial charge in [-0.1, -0.05) is 27.7 Å². The van der Waals surface area contributed by atoms with Crippen LogP contribution in [0.15, 0.2) is 0 Å². The molecule has 4 nitrogen and oxygen atoms in total. The van der Waals surface area contributed by atoms with E-state index in [1.165, 1.54) is 0 Å². The molecule has 1 heterocycles. The highest BCUT2D eigenvalue weighted by atomic mass is 16.5. The van der Waals surface area contributed by atoms with E-state index in [4.69, 9.17) is 0 Å². The number of imide groups is 1. The topological polar surface area (TPSA) is 57.6 Å². The first-order chi connectivity index (χ1) is 6.86. The van der Waals surface area contributed by atoms with Crippen LogP contribution in [0.5, 0.6) is 0 Å². The van der Waals surface area contributed by atoms with Crippen LogP contribution >= 0.6 is 0 Å². The van der Waals surface area contributed by atoms with Crippen molar-refractivity contribution in [3.05, 3.63) is 0 Å². The zero-order valence-electron chi connectivity index (χ0n) is 9.73. The number of hydrogen-bond donors (Lipinski definition) is 1. The van der Waals surface area contributed by atoms with E-state index in [1.807, 2.05) is 27.7 Å². The zero-order valence-corrected chi connectivity index (χ0v) is 9.73. The van der Waals surface area contributed by atoms with Crippen molar-refractivity contribution in [1.29, 1.82) is 0 Å². The fourth-order valence-electron chi connectivity index (χ4n) is 2.29. The molecule has 2 amide bonds. The molecule has 1 rings (SSSR count). The minimum atomic E-state index is -0.476. The van der Waals surface area contributed by atoms with Crippen LogP contribution in [0.4, 0.5) is 0 Å². The summed E-state index contributed by atoms with van der Waals surface area (Å²) < 4.78 is 0. The summed E-state index contributed by atoms with van der Waals surface area (Å²) in [7, 11) is 0. The lowest BCUT2D eigenvalue weighted by molar-refractivity contribution is -0.193. The first-order valence-corrected chi connectivity index (χ1v) is 5.42. The summed E-state index contributed by atoms with van der Waals surface area (Å²) >= 11 is 0. The summed E-state index contributed by atoms with van der Waals surface area (Å²) in [6.45, 7) is 7.91. The Kier molecular flexibility index (Phi) is 3.50. The molecule has 1 N–H and O–H groups in total. The smallest absolute Gasteiger partial charge is 0.256 e. The van der Waals surface area contributed by atoms with Crippen LogP contribution in [-0.4, -0.2) is 22.1 Å². The Morgan fingerprint density at radius 3 is 2.13 bits per heavy atom. The van der Waals surface area contributed by atoms with Gasteiger partial charge < -0.3 is 0 Å². The van der Waals surface area contributed by atoms with Gasteiger partial charge in [-0.2, -0.15) is 5.06 Å². The van der Waals surface area contributed by atoms with Gasteiger partial charge in [-0.15, -0.1) is 0 Å². The van der Waals surface area contributed by atoms with E-state index in [-0.39, 0.29) is 30.1 Å². The van der Waals surface area contributed by atoms with Crippen molar-refractivity contribution in [2.75, 3.05) is 0 Å². The number of amides is 2. The molecule has 0 radical (unpaired) electrons. The molecule has 1 aliphatic rings. The lowest BCUT2D eigenvalue weighted by Crippen LogP contribution is -2.50. The average Bonchev–Trinajstić information content (AvgIpc) is 2.12. The van der Waals surface area contributed by atoms with E-state index in [0.29, 0.717) is 5.06 Å². The average molecular weight is 213 g/mol. The second-order valence-corrected chi connectivity index (χ2v) is 4.93. The lowest BCUT2D eigenvalue weighted by atomic mass is 9.73.